The zero-order chi connectivity index (χ0) is 9.73. The normalized spacial score (nSPS) is 11.2. The van der Waals surface area contributed by atoms with Crippen LogP contribution in [0.15, 0.2) is 30.3 Å². The molecule has 72 valence electrons. The molecule has 0 heterocycles. The fraction of sp³-hybridized carbons (Fsp3) is 0.250. The van der Waals surface area contributed by atoms with E-state index in [0.29, 0.717) is 5.75 Å². The molecule has 0 aliphatic carbocycles. The Morgan fingerprint density at radius 2 is 1.85 bits per heavy atom. The molecule has 0 radical (unpaired) electrons. The highest BCUT2D eigenvalue weighted by Crippen LogP contribution is 2.11. The van der Waals surface area contributed by atoms with Crippen molar-refractivity contribution < 1.29 is 17.3 Å². The first-order valence-corrected chi connectivity index (χ1v) is 5.18. The van der Waals surface area contributed by atoms with E-state index in [9.17, 15) is 8.42 Å². The molecule has 13 heavy (non-hydrogen) atoms. The van der Waals surface area contributed by atoms with E-state index in [1.165, 1.54) is 7.11 Å². The van der Waals surface area contributed by atoms with Crippen LogP contribution in [0.5, 0.6) is 5.75 Å². The summed E-state index contributed by atoms with van der Waals surface area (Å²) < 4.78 is 31.3. The molecule has 0 atom stereocenters. The van der Waals surface area contributed by atoms with Gasteiger partial charge in [-0.05, 0) is 12.1 Å². The van der Waals surface area contributed by atoms with Crippen molar-refractivity contribution in [3.05, 3.63) is 30.3 Å². The van der Waals surface area contributed by atoms with Crippen LogP contribution in [0, 0.1) is 0 Å². The lowest BCUT2D eigenvalue weighted by Gasteiger charge is -2.04. The second kappa shape index (κ2) is 4.25. The van der Waals surface area contributed by atoms with E-state index in [4.69, 9.17) is 0 Å². The Balaban J connectivity index is 2.70. The highest BCUT2D eigenvalue weighted by atomic mass is 32.2. The molecular weight excluding hydrogens is 192 g/mol. The number of hydrogen-bond acceptors (Lipinski definition) is 4. The van der Waals surface area contributed by atoms with Crippen molar-refractivity contribution in [3.63, 3.8) is 0 Å². The summed E-state index contributed by atoms with van der Waals surface area (Å²) in [6, 6.07) is 8.28. The van der Waals surface area contributed by atoms with E-state index in [1.54, 1.807) is 30.3 Å². The maximum atomic E-state index is 11.1. The van der Waals surface area contributed by atoms with E-state index in [1.807, 2.05) is 0 Å². The van der Waals surface area contributed by atoms with Crippen molar-refractivity contribution >= 4 is 10.1 Å². The third-order valence-electron chi connectivity index (χ3n) is 1.23. The van der Waals surface area contributed by atoms with Crippen molar-refractivity contribution in [1.29, 1.82) is 0 Å². The Hall–Kier alpha value is -1.07. The molecule has 0 bridgehead atoms. The largest absolute Gasteiger partial charge is 0.381 e. The highest BCUT2D eigenvalue weighted by molar-refractivity contribution is 7.86. The molecule has 0 spiro atoms. The van der Waals surface area contributed by atoms with Gasteiger partial charge in [-0.2, -0.15) is 8.42 Å². The van der Waals surface area contributed by atoms with Crippen LogP contribution in [0.2, 0.25) is 0 Å². The van der Waals surface area contributed by atoms with Gasteiger partial charge in [0.1, 0.15) is 5.75 Å². The van der Waals surface area contributed by atoms with Gasteiger partial charge in [-0.1, -0.05) is 18.2 Å². The van der Waals surface area contributed by atoms with Crippen LogP contribution in [-0.2, 0) is 14.9 Å². The van der Waals surface area contributed by atoms with Crippen molar-refractivity contribution in [2.45, 2.75) is 0 Å². The van der Waals surface area contributed by atoms with Crippen LogP contribution < -0.4 is 4.18 Å². The van der Waals surface area contributed by atoms with E-state index in [2.05, 4.69) is 8.92 Å². The number of methoxy groups -OCH3 is 1. The molecule has 1 rings (SSSR count). The number of ether oxygens (including phenoxy) is 1. The minimum Gasteiger partial charge on any atom is -0.381 e. The quantitative estimate of drug-likeness (QED) is 0.683. The molecule has 0 fully saturated rings. The molecule has 0 aliphatic heterocycles. The van der Waals surface area contributed by atoms with Crippen molar-refractivity contribution in [1.82, 2.24) is 0 Å². The van der Waals surface area contributed by atoms with Crippen LogP contribution in [0.3, 0.4) is 0 Å². The summed E-state index contributed by atoms with van der Waals surface area (Å²) in [5.74, 6) is -0.151. The summed E-state index contributed by atoms with van der Waals surface area (Å²) >= 11 is 0. The van der Waals surface area contributed by atoms with Gasteiger partial charge in [0, 0.05) is 7.11 Å². The Kier molecular flexibility index (Phi) is 3.27. The maximum absolute atomic E-state index is 11.1. The van der Waals surface area contributed by atoms with Crippen molar-refractivity contribution in [2.24, 2.45) is 0 Å². The number of para-hydroxylation sites is 1. The topological polar surface area (TPSA) is 52.6 Å². The van der Waals surface area contributed by atoms with Crippen LogP contribution in [-0.4, -0.2) is 21.5 Å². The third-order valence-corrected chi connectivity index (χ3v) is 2.20. The van der Waals surface area contributed by atoms with Gasteiger partial charge in [-0.15, -0.1) is 0 Å². The lowest BCUT2D eigenvalue weighted by Crippen LogP contribution is -2.14. The second-order valence-corrected chi connectivity index (χ2v) is 3.88. The molecule has 0 saturated heterocycles. The molecule has 0 amide bonds. The molecule has 4 nitrogen and oxygen atoms in total. The number of benzene rings is 1. The second-order valence-electron chi connectivity index (χ2n) is 2.36. The first-order chi connectivity index (χ1) is 6.14. The smallest absolute Gasteiger partial charge is 0.333 e. The number of rotatable bonds is 4. The standard InChI is InChI=1S/C8H10O4S/c1-11-7-13(9,10)12-8-5-3-2-4-6-8/h2-6H,7H2,1H3. The first kappa shape index (κ1) is 10.0. The first-order valence-electron chi connectivity index (χ1n) is 3.60. The highest BCUT2D eigenvalue weighted by Gasteiger charge is 2.10. The number of hydrogen-bond donors (Lipinski definition) is 0. The van der Waals surface area contributed by atoms with Gasteiger partial charge >= 0.3 is 10.1 Å². The molecule has 0 aromatic heterocycles. The molecule has 0 aliphatic rings. The Bertz CT molecular complexity index is 344. The minimum atomic E-state index is -3.61. The van der Waals surface area contributed by atoms with Crippen LogP contribution in [0.4, 0.5) is 0 Å². The van der Waals surface area contributed by atoms with Crippen molar-refractivity contribution in [3.8, 4) is 5.75 Å². The van der Waals surface area contributed by atoms with E-state index < -0.39 is 16.1 Å². The molecule has 5 heteroatoms. The van der Waals surface area contributed by atoms with Gasteiger partial charge in [-0.25, -0.2) is 0 Å². The monoisotopic (exact) mass is 202 g/mol. The summed E-state index contributed by atoms with van der Waals surface area (Å²) in [5.41, 5.74) is 0. The SMILES string of the molecule is COCS(=O)(=O)Oc1ccccc1. The zero-order valence-corrected chi connectivity index (χ0v) is 7.95. The van der Waals surface area contributed by atoms with Gasteiger partial charge in [-0.3, -0.25) is 0 Å². The average Bonchev–Trinajstić information content (AvgIpc) is 2.04. The van der Waals surface area contributed by atoms with Crippen LogP contribution in [0.25, 0.3) is 0 Å². The molecule has 0 unspecified atom stereocenters. The third kappa shape index (κ3) is 3.43. The lowest BCUT2D eigenvalue weighted by molar-refractivity contribution is 0.241. The Morgan fingerprint density at radius 1 is 1.23 bits per heavy atom. The summed E-state index contributed by atoms with van der Waals surface area (Å²) in [4.78, 5) is 0. The molecule has 0 saturated carbocycles. The van der Waals surface area contributed by atoms with Gasteiger partial charge in [0.25, 0.3) is 0 Å². The van der Waals surface area contributed by atoms with Gasteiger partial charge in [0.2, 0.25) is 0 Å². The van der Waals surface area contributed by atoms with Gasteiger partial charge in [0.15, 0.2) is 5.94 Å². The fourth-order valence-corrected chi connectivity index (χ4v) is 1.53. The zero-order valence-electron chi connectivity index (χ0n) is 7.14. The average molecular weight is 202 g/mol. The van der Waals surface area contributed by atoms with E-state index in [0.717, 1.165) is 0 Å². The Labute approximate surface area is 77.2 Å². The Morgan fingerprint density at radius 3 is 2.38 bits per heavy atom. The predicted molar refractivity (Wildman–Crippen MR) is 47.9 cm³/mol. The maximum Gasteiger partial charge on any atom is 0.333 e. The summed E-state index contributed by atoms with van der Waals surface area (Å²) in [6.07, 6.45) is 0. The minimum absolute atomic E-state index is 0.291. The summed E-state index contributed by atoms with van der Waals surface area (Å²) in [5, 5.41) is 0. The van der Waals surface area contributed by atoms with Crippen LogP contribution in [0.1, 0.15) is 0 Å². The van der Waals surface area contributed by atoms with E-state index >= 15 is 0 Å². The molecule has 1 aromatic carbocycles. The molecule has 0 N–H and O–H groups in total. The van der Waals surface area contributed by atoms with E-state index in [-0.39, 0.29) is 0 Å². The summed E-state index contributed by atoms with van der Waals surface area (Å²) in [6.45, 7) is 0. The predicted octanol–water partition coefficient (Wildman–Crippen LogP) is 0.999. The fourth-order valence-electron chi connectivity index (χ4n) is 0.791. The van der Waals surface area contributed by atoms with Gasteiger partial charge in [0.05, 0.1) is 0 Å². The van der Waals surface area contributed by atoms with Crippen LogP contribution >= 0.6 is 0 Å². The lowest BCUT2D eigenvalue weighted by atomic mass is 10.3. The molecular formula is C8H10O4S. The summed E-state index contributed by atoms with van der Waals surface area (Å²) in [7, 11) is -2.31. The van der Waals surface area contributed by atoms with Crippen molar-refractivity contribution in [2.75, 3.05) is 13.0 Å². The van der Waals surface area contributed by atoms with Gasteiger partial charge < -0.3 is 8.92 Å². The molecule has 1 aromatic rings.